The minimum Gasteiger partial charge on any atom is -0.467 e. The summed E-state index contributed by atoms with van der Waals surface area (Å²) in [4.78, 5) is 27.7. The van der Waals surface area contributed by atoms with Gasteiger partial charge in [-0.1, -0.05) is 0 Å². The molecule has 1 amide bonds. The van der Waals surface area contributed by atoms with E-state index in [4.69, 9.17) is 15.2 Å². The van der Waals surface area contributed by atoms with Gasteiger partial charge in [0.15, 0.2) is 6.04 Å². The smallest absolute Gasteiger partial charge is 0.408 e. The Morgan fingerprint density at radius 1 is 1.33 bits per heavy atom. The summed E-state index contributed by atoms with van der Waals surface area (Å²) in [6, 6.07) is 2.59. The lowest BCUT2D eigenvalue weighted by molar-refractivity contribution is -0.145. The number of methoxy groups -OCH3 is 1. The molecule has 134 valence electrons. The highest BCUT2D eigenvalue weighted by Gasteiger charge is 2.25. The van der Waals surface area contributed by atoms with Gasteiger partial charge in [-0.05, 0) is 45.4 Å². The van der Waals surface area contributed by atoms with Gasteiger partial charge < -0.3 is 25.3 Å². The van der Waals surface area contributed by atoms with E-state index in [1.54, 1.807) is 26.8 Å². The number of alkyl carbamates (subject to hydrolysis) is 1. The standard InChI is InChI=1S/C16H25N3O5/c1-10-6-11(18-13(17)7-10)8-23-9-12(14(20)22-5)19-15(21)24-16(2,3)4/h6-7,12H,8-9H2,1-5H3,(H2,17,18)(H,19,21)/t12-/m0/s1. The number of hydrogen-bond donors (Lipinski definition) is 2. The lowest BCUT2D eigenvalue weighted by Gasteiger charge is -2.22. The molecule has 0 bridgehead atoms. The summed E-state index contributed by atoms with van der Waals surface area (Å²) in [5.74, 6) is -0.234. The molecular weight excluding hydrogens is 314 g/mol. The van der Waals surface area contributed by atoms with Crippen molar-refractivity contribution in [2.45, 2.75) is 45.9 Å². The maximum Gasteiger partial charge on any atom is 0.408 e. The van der Waals surface area contributed by atoms with Gasteiger partial charge in [-0.2, -0.15) is 0 Å². The third-order valence-electron chi connectivity index (χ3n) is 2.75. The Morgan fingerprint density at radius 3 is 2.54 bits per heavy atom. The Hall–Kier alpha value is -2.35. The molecule has 0 aliphatic heterocycles. The van der Waals surface area contributed by atoms with Crippen LogP contribution in [-0.4, -0.2) is 42.4 Å². The van der Waals surface area contributed by atoms with Crippen molar-refractivity contribution in [1.82, 2.24) is 10.3 Å². The number of anilines is 1. The molecule has 0 spiro atoms. The fourth-order valence-corrected chi connectivity index (χ4v) is 1.88. The second-order valence-corrected chi connectivity index (χ2v) is 6.30. The number of carbonyl (C=O) groups is 2. The van der Waals surface area contributed by atoms with E-state index < -0.39 is 23.7 Å². The fourth-order valence-electron chi connectivity index (χ4n) is 1.88. The predicted molar refractivity (Wildman–Crippen MR) is 88.2 cm³/mol. The van der Waals surface area contributed by atoms with Crippen molar-refractivity contribution in [3.8, 4) is 0 Å². The molecule has 0 aliphatic carbocycles. The Bertz CT molecular complexity index is 563. The number of nitrogens with one attached hydrogen (secondary N) is 1. The first-order valence-electron chi connectivity index (χ1n) is 7.49. The number of pyridine rings is 1. The van der Waals surface area contributed by atoms with Gasteiger partial charge >= 0.3 is 12.1 Å². The molecule has 1 heterocycles. The number of hydrogen-bond acceptors (Lipinski definition) is 7. The molecule has 1 atom stereocenters. The SMILES string of the molecule is COC(=O)[C@H](COCc1cc(C)cc(N)n1)NC(=O)OC(C)(C)C. The van der Waals surface area contributed by atoms with Crippen molar-refractivity contribution in [3.63, 3.8) is 0 Å². The van der Waals surface area contributed by atoms with E-state index in [2.05, 4.69) is 15.0 Å². The van der Waals surface area contributed by atoms with E-state index in [-0.39, 0.29) is 13.2 Å². The third kappa shape index (κ3) is 7.28. The van der Waals surface area contributed by atoms with E-state index in [9.17, 15) is 9.59 Å². The number of aromatic nitrogens is 1. The quantitative estimate of drug-likeness (QED) is 0.756. The zero-order valence-corrected chi connectivity index (χ0v) is 14.7. The molecule has 8 nitrogen and oxygen atoms in total. The van der Waals surface area contributed by atoms with Gasteiger partial charge in [-0.3, -0.25) is 0 Å². The minimum absolute atomic E-state index is 0.0819. The number of aryl methyl sites for hydroxylation is 1. The van der Waals surface area contributed by atoms with E-state index in [0.29, 0.717) is 11.5 Å². The first kappa shape index (κ1) is 19.7. The first-order chi connectivity index (χ1) is 11.1. The molecule has 3 N–H and O–H groups in total. The van der Waals surface area contributed by atoms with Gasteiger partial charge in [0.1, 0.15) is 11.4 Å². The van der Waals surface area contributed by atoms with E-state index in [1.807, 2.05) is 13.0 Å². The van der Waals surface area contributed by atoms with Crippen molar-refractivity contribution < 1.29 is 23.8 Å². The molecular formula is C16H25N3O5. The number of amides is 1. The van der Waals surface area contributed by atoms with Crippen LogP contribution in [-0.2, 0) is 25.6 Å². The van der Waals surface area contributed by atoms with Crippen molar-refractivity contribution in [2.75, 3.05) is 19.5 Å². The van der Waals surface area contributed by atoms with E-state index >= 15 is 0 Å². The van der Waals surface area contributed by atoms with Crippen LogP contribution in [0.15, 0.2) is 12.1 Å². The lowest BCUT2D eigenvalue weighted by Crippen LogP contribution is -2.46. The van der Waals surface area contributed by atoms with Gasteiger partial charge in [-0.25, -0.2) is 14.6 Å². The third-order valence-corrected chi connectivity index (χ3v) is 2.75. The lowest BCUT2D eigenvalue weighted by atomic mass is 10.2. The Morgan fingerprint density at radius 2 is 2.00 bits per heavy atom. The van der Waals surface area contributed by atoms with Gasteiger partial charge in [-0.15, -0.1) is 0 Å². The van der Waals surface area contributed by atoms with Crippen LogP contribution in [0.25, 0.3) is 0 Å². The summed E-state index contributed by atoms with van der Waals surface area (Å²) < 4.78 is 15.2. The average Bonchev–Trinajstić information content (AvgIpc) is 2.42. The fraction of sp³-hybridized carbons (Fsp3) is 0.562. The molecule has 0 saturated carbocycles. The number of nitrogens with zero attached hydrogens (tertiary/aromatic N) is 1. The zero-order valence-electron chi connectivity index (χ0n) is 14.7. The summed E-state index contributed by atoms with van der Waals surface area (Å²) in [5.41, 5.74) is 6.59. The average molecular weight is 339 g/mol. The number of carbonyl (C=O) groups excluding carboxylic acids is 2. The van der Waals surface area contributed by atoms with Crippen LogP contribution >= 0.6 is 0 Å². The molecule has 24 heavy (non-hydrogen) atoms. The molecule has 1 aromatic heterocycles. The highest BCUT2D eigenvalue weighted by atomic mass is 16.6. The van der Waals surface area contributed by atoms with Crippen LogP contribution in [0.5, 0.6) is 0 Å². The zero-order chi connectivity index (χ0) is 18.3. The first-order valence-corrected chi connectivity index (χ1v) is 7.49. The Labute approximate surface area is 141 Å². The van der Waals surface area contributed by atoms with Crippen molar-refractivity contribution >= 4 is 17.9 Å². The van der Waals surface area contributed by atoms with Crippen LogP contribution in [0, 0.1) is 6.92 Å². The number of rotatable bonds is 6. The van der Waals surface area contributed by atoms with Gasteiger partial charge in [0.2, 0.25) is 0 Å². The second kappa shape index (κ2) is 8.49. The summed E-state index contributed by atoms with van der Waals surface area (Å²) in [7, 11) is 1.23. The summed E-state index contributed by atoms with van der Waals surface area (Å²) >= 11 is 0. The van der Waals surface area contributed by atoms with Gasteiger partial charge in [0.25, 0.3) is 0 Å². The highest BCUT2D eigenvalue weighted by Crippen LogP contribution is 2.09. The van der Waals surface area contributed by atoms with Gasteiger partial charge in [0, 0.05) is 0 Å². The maximum atomic E-state index is 11.8. The Kier molecular flexibility index (Phi) is 6.97. The second-order valence-electron chi connectivity index (χ2n) is 6.30. The van der Waals surface area contributed by atoms with Gasteiger partial charge in [0.05, 0.1) is 26.0 Å². The number of nitrogens with two attached hydrogens (primary N) is 1. The summed E-state index contributed by atoms with van der Waals surface area (Å²) in [6.07, 6.45) is -0.723. The molecule has 0 aliphatic rings. The van der Waals surface area contributed by atoms with Crippen molar-refractivity contribution in [2.24, 2.45) is 0 Å². The topological polar surface area (TPSA) is 113 Å². The Balaban J connectivity index is 2.60. The highest BCUT2D eigenvalue weighted by molar-refractivity contribution is 5.81. The largest absolute Gasteiger partial charge is 0.467 e. The number of esters is 1. The van der Waals surface area contributed by atoms with Crippen molar-refractivity contribution in [1.29, 1.82) is 0 Å². The van der Waals surface area contributed by atoms with Crippen LogP contribution < -0.4 is 11.1 Å². The predicted octanol–water partition coefficient (Wildman–Crippen LogP) is 1.56. The number of nitrogen functional groups attached to an aromatic ring is 1. The molecule has 0 radical (unpaired) electrons. The van der Waals surface area contributed by atoms with E-state index in [1.165, 1.54) is 7.11 Å². The molecule has 0 saturated heterocycles. The molecule has 0 aromatic carbocycles. The minimum atomic E-state index is -0.980. The number of ether oxygens (including phenoxy) is 3. The van der Waals surface area contributed by atoms with E-state index in [0.717, 1.165) is 5.56 Å². The monoisotopic (exact) mass is 339 g/mol. The molecule has 0 unspecified atom stereocenters. The molecule has 0 fully saturated rings. The maximum absolute atomic E-state index is 11.8. The summed E-state index contributed by atoms with van der Waals surface area (Å²) in [5, 5.41) is 2.43. The van der Waals surface area contributed by atoms with Crippen LogP contribution in [0.3, 0.4) is 0 Å². The van der Waals surface area contributed by atoms with Crippen molar-refractivity contribution in [3.05, 3.63) is 23.4 Å². The molecule has 1 aromatic rings. The molecule has 8 heteroatoms. The van der Waals surface area contributed by atoms with Crippen LogP contribution in [0.1, 0.15) is 32.0 Å². The summed E-state index contributed by atoms with van der Waals surface area (Å²) in [6.45, 7) is 7.14. The molecule has 1 rings (SSSR count). The normalized spacial score (nSPS) is 12.4. The van der Waals surface area contributed by atoms with Crippen LogP contribution in [0.2, 0.25) is 0 Å². The van der Waals surface area contributed by atoms with Crippen LogP contribution in [0.4, 0.5) is 10.6 Å².